The van der Waals surface area contributed by atoms with E-state index in [1.165, 1.54) is 44.5 Å². The van der Waals surface area contributed by atoms with Crippen LogP contribution < -0.4 is 0 Å². The summed E-state index contributed by atoms with van der Waals surface area (Å²) in [6.07, 6.45) is 4.20. The lowest BCUT2D eigenvalue weighted by atomic mass is 9.66. The fourth-order valence-corrected chi connectivity index (χ4v) is 7.76. The molecule has 0 N–H and O–H groups in total. The van der Waals surface area contributed by atoms with Gasteiger partial charge < -0.3 is 0 Å². The van der Waals surface area contributed by atoms with E-state index in [2.05, 4.69) is 152 Å². The van der Waals surface area contributed by atoms with E-state index in [1.54, 1.807) is 0 Å². The third-order valence-corrected chi connectivity index (χ3v) is 9.92. The molecule has 0 saturated heterocycles. The first-order valence-electron chi connectivity index (χ1n) is 16.9. The molecule has 0 saturated carbocycles. The van der Waals surface area contributed by atoms with Gasteiger partial charge in [-0.2, -0.15) is 0 Å². The number of nitrogens with zero attached hydrogens (tertiary/aromatic N) is 3. The summed E-state index contributed by atoms with van der Waals surface area (Å²) in [5, 5.41) is 0. The normalized spacial score (nSPS) is 14.6. The topological polar surface area (TPSA) is 38.7 Å². The van der Waals surface area contributed by atoms with Gasteiger partial charge in [-0.25, -0.2) is 15.0 Å². The molecule has 232 valence electrons. The number of hydrogen-bond acceptors (Lipinski definition) is 3. The first kappa shape index (κ1) is 29.0. The molecule has 2 aliphatic rings. The van der Waals surface area contributed by atoms with Gasteiger partial charge >= 0.3 is 0 Å². The largest absolute Gasteiger partial charge is 0.208 e. The average Bonchev–Trinajstić information content (AvgIpc) is 3.50. The lowest BCUT2D eigenvalue weighted by Gasteiger charge is -2.35. The highest BCUT2D eigenvalue weighted by molar-refractivity contribution is 6.06. The Kier molecular flexibility index (Phi) is 7.17. The number of benzene rings is 6. The Morgan fingerprint density at radius 2 is 0.857 bits per heavy atom. The quantitative estimate of drug-likeness (QED) is 0.184. The zero-order valence-electron chi connectivity index (χ0n) is 27.0. The van der Waals surface area contributed by atoms with E-state index in [0.717, 1.165) is 35.4 Å². The van der Waals surface area contributed by atoms with E-state index in [9.17, 15) is 0 Å². The fourth-order valence-electron chi connectivity index (χ4n) is 7.76. The molecule has 0 spiro atoms. The number of rotatable bonds is 6. The van der Waals surface area contributed by atoms with Crippen LogP contribution in [0.1, 0.15) is 40.9 Å². The Morgan fingerprint density at radius 1 is 0.408 bits per heavy atom. The van der Waals surface area contributed by atoms with Crippen LogP contribution in [0.25, 0.3) is 45.0 Å². The van der Waals surface area contributed by atoms with E-state index >= 15 is 0 Å². The second-order valence-corrected chi connectivity index (χ2v) is 12.7. The molecular formula is C46H33N3. The van der Waals surface area contributed by atoms with Crippen LogP contribution in [0.2, 0.25) is 0 Å². The van der Waals surface area contributed by atoms with Gasteiger partial charge in [0, 0.05) is 16.7 Å². The summed E-state index contributed by atoms with van der Waals surface area (Å²) in [5.41, 5.74) is 12.6. The number of fused-ring (bicyclic) bond motifs is 3. The average molecular weight is 628 g/mol. The minimum atomic E-state index is -0.453. The summed E-state index contributed by atoms with van der Waals surface area (Å²) in [6.45, 7) is 0. The zero-order chi connectivity index (χ0) is 32.6. The number of aromatic nitrogens is 3. The molecule has 0 fully saturated rings. The van der Waals surface area contributed by atoms with E-state index in [-0.39, 0.29) is 0 Å². The van der Waals surface area contributed by atoms with Crippen molar-refractivity contribution >= 4 is 11.1 Å². The Hall–Kier alpha value is -6.19. The molecule has 6 aromatic carbocycles. The number of allylic oxidation sites excluding steroid dienone is 4. The minimum Gasteiger partial charge on any atom is -0.208 e. The van der Waals surface area contributed by atoms with Crippen molar-refractivity contribution < 1.29 is 0 Å². The molecule has 3 nitrogen and oxygen atoms in total. The monoisotopic (exact) mass is 627 g/mol. The lowest BCUT2D eigenvalue weighted by Crippen LogP contribution is -2.29. The van der Waals surface area contributed by atoms with Crippen molar-refractivity contribution in [3.05, 3.63) is 210 Å². The molecule has 3 heteroatoms. The van der Waals surface area contributed by atoms with Crippen LogP contribution in [0.15, 0.2) is 182 Å². The molecule has 7 aromatic rings. The molecule has 49 heavy (non-hydrogen) atoms. The highest BCUT2D eigenvalue weighted by atomic mass is 15.0. The predicted octanol–water partition coefficient (Wildman–Crippen LogP) is 10.9. The Balaban J connectivity index is 1.27. The molecular weight excluding hydrogens is 595 g/mol. The van der Waals surface area contributed by atoms with Crippen molar-refractivity contribution in [2.75, 3.05) is 0 Å². The van der Waals surface area contributed by atoms with Crippen LogP contribution in [-0.2, 0) is 5.41 Å². The van der Waals surface area contributed by atoms with Crippen molar-refractivity contribution in [1.29, 1.82) is 0 Å². The van der Waals surface area contributed by atoms with Gasteiger partial charge in [0.2, 0.25) is 0 Å². The van der Waals surface area contributed by atoms with Gasteiger partial charge in [-0.15, -0.1) is 0 Å². The summed E-state index contributed by atoms with van der Waals surface area (Å²) in [4.78, 5) is 15.6. The van der Waals surface area contributed by atoms with Gasteiger partial charge in [0.15, 0.2) is 17.5 Å². The van der Waals surface area contributed by atoms with E-state index in [1.807, 2.05) is 24.3 Å². The van der Waals surface area contributed by atoms with E-state index in [0.29, 0.717) is 11.6 Å². The first-order valence-corrected chi connectivity index (χ1v) is 16.9. The van der Waals surface area contributed by atoms with Crippen LogP contribution in [0, 0.1) is 0 Å². The SMILES string of the molecule is C1=C2C(=C(c3nc(-c4ccccc4)nc(-c4ccc(-c5ccccc5)cc4)n3)CC1)c1ccccc1C2(c1ccccc1)c1ccccc1. The summed E-state index contributed by atoms with van der Waals surface area (Å²) < 4.78 is 0. The third kappa shape index (κ3) is 4.86. The molecule has 9 rings (SSSR count). The van der Waals surface area contributed by atoms with Crippen LogP contribution >= 0.6 is 0 Å². The fraction of sp³-hybridized carbons (Fsp3) is 0.0652. The van der Waals surface area contributed by atoms with Gasteiger partial charge in [-0.3, -0.25) is 0 Å². The Labute approximate surface area is 287 Å². The molecule has 0 atom stereocenters. The predicted molar refractivity (Wildman–Crippen MR) is 199 cm³/mol. The van der Waals surface area contributed by atoms with E-state index < -0.39 is 5.41 Å². The van der Waals surface area contributed by atoms with Crippen molar-refractivity contribution in [1.82, 2.24) is 15.0 Å². The maximum atomic E-state index is 5.27. The van der Waals surface area contributed by atoms with Crippen molar-refractivity contribution in [3.63, 3.8) is 0 Å². The summed E-state index contributed by atoms with van der Waals surface area (Å²) in [7, 11) is 0. The van der Waals surface area contributed by atoms with Gasteiger partial charge in [-0.05, 0) is 57.4 Å². The second kappa shape index (κ2) is 12.1. The number of hydrogen-bond donors (Lipinski definition) is 0. The highest BCUT2D eigenvalue weighted by Crippen LogP contribution is 2.60. The maximum Gasteiger partial charge on any atom is 0.164 e. The first-order chi connectivity index (χ1) is 24.3. The van der Waals surface area contributed by atoms with Gasteiger partial charge in [0.25, 0.3) is 0 Å². The van der Waals surface area contributed by atoms with Gasteiger partial charge in [0.1, 0.15) is 0 Å². The van der Waals surface area contributed by atoms with Crippen molar-refractivity contribution in [2.24, 2.45) is 0 Å². The van der Waals surface area contributed by atoms with Crippen molar-refractivity contribution in [2.45, 2.75) is 18.3 Å². The molecule has 0 bridgehead atoms. The molecule has 1 heterocycles. The van der Waals surface area contributed by atoms with Gasteiger partial charge in [0.05, 0.1) is 5.41 Å². The summed E-state index contributed by atoms with van der Waals surface area (Å²) in [6, 6.07) is 60.1. The molecule has 2 aliphatic carbocycles. The summed E-state index contributed by atoms with van der Waals surface area (Å²) in [5.74, 6) is 2.10. The third-order valence-electron chi connectivity index (χ3n) is 9.92. The Morgan fingerprint density at radius 3 is 1.47 bits per heavy atom. The second-order valence-electron chi connectivity index (χ2n) is 12.7. The Bertz CT molecular complexity index is 2300. The van der Waals surface area contributed by atoms with Crippen molar-refractivity contribution in [3.8, 4) is 33.9 Å². The van der Waals surface area contributed by atoms with Gasteiger partial charge in [-0.1, -0.05) is 176 Å². The summed E-state index contributed by atoms with van der Waals surface area (Å²) >= 11 is 0. The zero-order valence-corrected chi connectivity index (χ0v) is 27.0. The van der Waals surface area contributed by atoms with Crippen LogP contribution in [-0.4, -0.2) is 15.0 Å². The molecule has 0 unspecified atom stereocenters. The standard InChI is InChI=1S/C46H33N3/c1-5-16-32(17-6-1)33-28-30-35(31-29-33)44-47-43(34-18-7-2-8-19-34)48-45(49-44)39-25-15-27-41-42(39)38-24-13-14-26-40(38)46(41,36-20-9-3-10-21-36)37-22-11-4-12-23-37/h1-14,16-24,26-31H,15,25H2. The van der Waals surface area contributed by atoms with Crippen LogP contribution in [0.4, 0.5) is 0 Å². The molecule has 0 aliphatic heterocycles. The molecule has 0 radical (unpaired) electrons. The van der Waals surface area contributed by atoms with Crippen LogP contribution in [0.3, 0.4) is 0 Å². The molecule has 1 aromatic heterocycles. The maximum absolute atomic E-state index is 5.27. The lowest BCUT2D eigenvalue weighted by molar-refractivity contribution is 0.759. The van der Waals surface area contributed by atoms with Crippen LogP contribution in [0.5, 0.6) is 0 Å². The highest BCUT2D eigenvalue weighted by Gasteiger charge is 2.49. The minimum absolute atomic E-state index is 0.453. The smallest absolute Gasteiger partial charge is 0.164 e. The van der Waals surface area contributed by atoms with E-state index in [4.69, 9.17) is 15.0 Å². The molecule has 0 amide bonds.